The van der Waals surface area contributed by atoms with Crippen LogP contribution in [0.4, 0.5) is 5.69 Å². The van der Waals surface area contributed by atoms with Gasteiger partial charge in [-0.2, -0.15) is 0 Å². The maximum Gasteiger partial charge on any atom is 0.250 e. The van der Waals surface area contributed by atoms with Crippen molar-refractivity contribution in [1.29, 1.82) is 0 Å². The van der Waals surface area contributed by atoms with Gasteiger partial charge in [-0.1, -0.05) is 23.8 Å². The van der Waals surface area contributed by atoms with Crippen LogP contribution in [0.1, 0.15) is 24.0 Å². The summed E-state index contributed by atoms with van der Waals surface area (Å²) in [6.07, 6.45) is 2.76. The van der Waals surface area contributed by atoms with Gasteiger partial charge in [0.2, 0.25) is 27.7 Å². The molecule has 1 saturated heterocycles. The minimum atomic E-state index is -3.34. The van der Waals surface area contributed by atoms with E-state index < -0.39 is 33.2 Å². The molecule has 0 saturated carbocycles. The smallest absolute Gasteiger partial charge is 0.250 e. The number of sulfonamides is 1. The quantitative estimate of drug-likeness (QED) is 0.370. The maximum absolute atomic E-state index is 13.3. The second-order valence-electron chi connectivity index (χ2n) is 7.60. The number of benzene rings is 1. The molecule has 29 heavy (non-hydrogen) atoms. The number of carbonyl (C=O) groups excluding carboxylic acids is 3. The van der Waals surface area contributed by atoms with Crippen LogP contribution in [0.5, 0.6) is 0 Å². The first kappa shape index (κ1) is 21.2. The second-order valence-corrected chi connectivity index (χ2v) is 9.69. The highest BCUT2D eigenvalue weighted by atomic mass is 32.2. The maximum atomic E-state index is 13.3. The van der Waals surface area contributed by atoms with Crippen LogP contribution >= 0.6 is 0 Å². The molecule has 9 heteroatoms. The van der Waals surface area contributed by atoms with E-state index in [0.717, 1.165) is 16.7 Å². The molecule has 2 aliphatic rings. The second kappa shape index (κ2) is 7.38. The monoisotopic (exact) mass is 419 g/mol. The van der Waals surface area contributed by atoms with Crippen molar-refractivity contribution >= 4 is 33.4 Å². The standard InChI is InChI=1S/C20H25N3O5S/c1-5-9-22-16-8-7-14(2)12-15(16)20(18(22)25)13-17(24)23(19(20)26)11-6-10-21(3)29(4,27)28/h5,7-8,12H,1,6,9-11,13H2,2-4H3. The van der Waals surface area contributed by atoms with Crippen LogP contribution in [-0.2, 0) is 29.8 Å². The molecule has 0 bridgehead atoms. The Balaban J connectivity index is 1.90. The van der Waals surface area contributed by atoms with Crippen LogP contribution < -0.4 is 4.90 Å². The molecule has 8 nitrogen and oxygen atoms in total. The predicted octanol–water partition coefficient (Wildman–Crippen LogP) is 0.806. The number of aryl methyl sites for hydroxylation is 1. The van der Waals surface area contributed by atoms with Crippen molar-refractivity contribution in [3.05, 3.63) is 42.0 Å². The molecule has 0 aliphatic carbocycles. The average Bonchev–Trinajstić information content (AvgIpc) is 3.02. The number of carbonyl (C=O) groups is 3. The summed E-state index contributed by atoms with van der Waals surface area (Å²) in [5.41, 5.74) is 0.535. The number of rotatable bonds is 7. The summed E-state index contributed by atoms with van der Waals surface area (Å²) in [4.78, 5) is 41.9. The SMILES string of the molecule is C=CCN1C(=O)C2(CC(=O)N(CCCN(C)S(C)(=O)=O)C2=O)c2cc(C)ccc21. The molecule has 156 valence electrons. The fourth-order valence-corrected chi connectivity index (χ4v) is 4.42. The van der Waals surface area contributed by atoms with Crippen LogP contribution in [0.15, 0.2) is 30.9 Å². The number of amides is 3. The lowest BCUT2D eigenvalue weighted by atomic mass is 9.79. The van der Waals surface area contributed by atoms with Crippen molar-refractivity contribution in [2.24, 2.45) is 0 Å². The van der Waals surface area contributed by atoms with Gasteiger partial charge in [-0.05, 0) is 19.4 Å². The molecule has 3 rings (SSSR count). The van der Waals surface area contributed by atoms with E-state index in [0.29, 0.717) is 17.7 Å². The molecule has 1 aromatic carbocycles. The number of hydrogen-bond acceptors (Lipinski definition) is 5. The fourth-order valence-electron chi connectivity index (χ4n) is 3.96. The number of imide groups is 1. The van der Waals surface area contributed by atoms with Gasteiger partial charge in [0.15, 0.2) is 5.41 Å². The normalized spacial score (nSPS) is 21.6. The number of hydrogen-bond donors (Lipinski definition) is 0. The van der Waals surface area contributed by atoms with Gasteiger partial charge in [-0.15, -0.1) is 6.58 Å². The van der Waals surface area contributed by atoms with Crippen LogP contribution in [0, 0.1) is 6.92 Å². The number of likely N-dealkylation sites (tertiary alicyclic amines) is 1. The van der Waals surface area contributed by atoms with E-state index in [4.69, 9.17) is 0 Å². The number of anilines is 1. The summed E-state index contributed by atoms with van der Waals surface area (Å²) >= 11 is 0. The predicted molar refractivity (Wildman–Crippen MR) is 109 cm³/mol. The fraction of sp³-hybridized carbons (Fsp3) is 0.450. The van der Waals surface area contributed by atoms with E-state index in [1.165, 1.54) is 16.3 Å². The molecule has 1 atom stereocenters. The van der Waals surface area contributed by atoms with Gasteiger partial charge in [0.1, 0.15) is 0 Å². The first-order valence-electron chi connectivity index (χ1n) is 9.34. The van der Waals surface area contributed by atoms with Crippen molar-refractivity contribution < 1.29 is 22.8 Å². The summed E-state index contributed by atoms with van der Waals surface area (Å²) < 4.78 is 24.2. The van der Waals surface area contributed by atoms with Crippen LogP contribution in [-0.4, -0.2) is 68.3 Å². The lowest BCUT2D eigenvalue weighted by Gasteiger charge is -2.22. The van der Waals surface area contributed by atoms with E-state index in [-0.39, 0.29) is 26.1 Å². The van der Waals surface area contributed by atoms with Crippen molar-refractivity contribution in [1.82, 2.24) is 9.21 Å². The van der Waals surface area contributed by atoms with Gasteiger partial charge >= 0.3 is 0 Å². The molecule has 2 heterocycles. The zero-order valence-electron chi connectivity index (χ0n) is 16.8. The summed E-state index contributed by atoms with van der Waals surface area (Å²) in [5, 5.41) is 0. The topological polar surface area (TPSA) is 95.1 Å². The Labute approximate surface area is 170 Å². The highest BCUT2D eigenvalue weighted by Gasteiger charge is 2.63. The number of nitrogens with zero attached hydrogens (tertiary/aromatic N) is 3. The van der Waals surface area contributed by atoms with Crippen LogP contribution in [0.2, 0.25) is 0 Å². The third-order valence-corrected chi connectivity index (χ3v) is 6.89. The zero-order chi connectivity index (χ0) is 21.6. The number of fused-ring (bicyclic) bond motifs is 2. The Bertz CT molecular complexity index is 1000. The molecule has 2 aliphatic heterocycles. The van der Waals surface area contributed by atoms with Gasteiger partial charge in [-0.25, -0.2) is 12.7 Å². The molecule has 1 spiro atoms. The van der Waals surface area contributed by atoms with Gasteiger partial charge in [0, 0.05) is 37.9 Å². The Kier molecular flexibility index (Phi) is 5.40. The minimum absolute atomic E-state index is 0.0646. The van der Waals surface area contributed by atoms with E-state index in [2.05, 4.69) is 6.58 Å². The van der Waals surface area contributed by atoms with Crippen molar-refractivity contribution in [3.63, 3.8) is 0 Å². The Morgan fingerprint density at radius 1 is 1.21 bits per heavy atom. The Morgan fingerprint density at radius 2 is 1.86 bits per heavy atom. The highest BCUT2D eigenvalue weighted by molar-refractivity contribution is 7.88. The third kappa shape index (κ3) is 3.38. The van der Waals surface area contributed by atoms with Gasteiger partial charge < -0.3 is 4.90 Å². The van der Waals surface area contributed by atoms with E-state index in [1.807, 2.05) is 13.0 Å². The van der Waals surface area contributed by atoms with Crippen molar-refractivity contribution in [2.45, 2.75) is 25.2 Å². The van der Waals surface area contributed by atoms with Gasteiger partial charge in [0.25, 0.3) is 0 Å². The summed E-state index contributed by atoms with van der Waals surface area (Å²) in [6, 6.07) is 5.45. The molecule has 1 unspecified atom stereocenters. The first-order chi connectivity index (χ1) is 13.5. The first-order valence-corrected chi connectivity index (χ1v) is 11.2. The zero-order valence-corrected chi connectivity index (χ0v) is 17.7. The van der Waals surface area contributed by atoms with Crippen molar-refractivity contribution in [2.75, 3.05) is 37.8 Å². The highest BCUT2D eigenvalue weighted by Crippen LogP contribution is 2.48. The lowest BCUT2D eigenvalue weighted by molar-refractivity contribution is -0.141. The van der Waals surface area contributed by atoms with Gasteiger partial charge in [0.05, 0.1) is 12.7 Å². The van der Waals surface area contributed by atoms with E-state index in [1.54, 1.807) is 18.2 Å². The molecule has 0 radical (unpaired) electrons. The summed E-state index contributed by atoms with van der Waals surface area (Å²) in [7, 11) is -1.90. The lowest BCUT2D eigenvalue weighted by Crippen LogP contribution is -2.47. The molecule has 3 amide bonds. The molecular weight excluding hydrogens is 394 g/mol. The van der Waals surface area contributed by atoms with Crippen molar-refractivity contribution in [3.8, 4) is 0 Å². The van der Waals surface area contributed by atoms with Crippen LogP contribution in [0.3, 0.4) is 0 Å². The minimum Gasteiger partial charge on any atom is -0.307 e. The summed E-state index contributed by atoms with van der Waals surface area (Å²) in [5.74, 6) is -1.36. The molecule has 0 N–H and O–H groups in total. The largest absolute Gasteiger partial charge is 0.307 e. The molecule has 0 aromatic heterocycles. The summed E-state index contributed by atoms with van der Waals surface area (Å²) in [6.45, 7) is 6.04. The molecule has 1 fully saturated rings. The van der Waals surface area contributed by atoms with E-state index >= 15 is 0 Å². The Morgan fingerprint density at radius 3 is 2.48 bits per heavy atom. The van der Waals surface area contributed by atoms with E-state index in [9.17, 15) is 22.8 Å². The van der Waals surface area contributed by atoms with Gasteiger partial charge in [-0.3, -0.25) is 19.3 Å². The molecular formula is C20H25N3O5S. The molecule has 1 aromatic rings. The van der Waals surface area contributed by atoms with Crippen LogP contribution in [0.25, 0.3) is 0 Å². The Hall–Kier alpha value is -2.52. The third-order valence-electron chi connectivity index (χ3n) is 5.57. The average molecular weight is 420 g/mol.